The number of anilines is 2. The quantitative estimate of drug-likeness (QED) is 0.817. The van der Waals surface area contributed by atoms with E-state index in [4.69, 9.17) is 0 Å². The van der Waals surface area contributed by atoms with Gasteiger partial charge in [-0.05, 0) is 49.3 Å². The highest BCUT2D eigenvalue weighted by Gasteiger charge is 2.16. The van der Waals surface area contributed by atoms with Crippen LogP contribution in [0, 0.1) is 0 Å². The van der Waals surface area contributed by atoms with Gasteiger partial charge in [-0.1, -0.05) is 19.1 Å². The Hall–Kier alpha value is -2.01. The fourth-order valence-corrected chi connectivity index (χ4v) is 3.60. The molecule has 0 bridgehead atoms. The van der Waals surface area contributed by atoms with Crippen LogP contribution in [0.2, 0.25) is 0 Å². The van der Waals surface area contributed by atoms with Crippen LogP contribution < -0.4 is 10.2 Å². The number of para-hydroxylation sites is 2. The zero-order valence-corrected chi connectivity index (χ0v) is 14.8. The highest BCUT2D eigenvalue weighted by atomic mass is 32.2. The van der Waals surface area contributed by atoms with Crippen LogP contribution in [-0.4, -0.2) is 29.7 Å². The summed E-state index contributed by atoms with van der Waals surface area (Å²) in [6.07, 6.45) is 5.41. The SMILES string of the molecule is CCSc1cc(C(=O)Nc2ccccc2N2CCCCC2)ccn1. The molecule has 3 rings (SSSR count). The van der Waals surface area contributed by atoms with Gasteiger partial charge in [0.1, 0.15) is 0 Å². The van der Waals surface area contributed by atoms with Crippen molar-refractivity contribution in [3.8, 4) is 0 Å². The summed E-state index contributed by atoms with van der Waals surface area (Å²) in [7, 11) is 0. The largest absolute Gasteiger partial charge is 0.370 e. The summed E-state index contributed by atoms with van der Waals surface area (Å²) in [5.74, 6) is 0.857. The molecule has 24 heavy (non-hydrogen) atoms. The molecule has 2 aromatic rings. The lowest BCUT2D eigenvalue weighted by Gasteiger charge is -2.30. The van der Waals surface area contributed by atoms with Gasteiger partial charge in [-0.2, -0.15) is 0 Å². The standard InChI is InChI=1S/C19H23N3OS/c1-2-24-18-14-15(10-11-20-18)19(23)21-16-8-4-5-9-17(16)22-12-6-3-7-13-22/h4-5,8-11,14H,2-3,6-7,12-13H2,1H3,(H,21,23). The van der Waals surface area contributed by atoms with Gasteiger partial charge in [0.25, 0.3) is 5.91 Å². The number of rotatable bonds is 5. The van der Waals surface area contributed by atoms with Crippen molar-refractivity contribution in [2.75, 3.05) is 29.1 Å². The second-order valence-electron chi connectivity index (χ2n) is 5.83. The van der Waals surface area contributed by atoms with Gasteiger partial charge in [-0.25, -0.2) is 4.98 Å². The molecule has 1 saturated heterocycles. The molecule has 1 amide bonds. The van der Waals surface area contributed by atoms with Gasteiger partial charge in [-0.15, -0.1) is 11.8 Å². The van der Waals surface area contributed by atoms with E-state index in [1.165, 1.54) is 19.3 Å². The second-order valence-corrected chi connectivity index (χ2v) is 7.12. The van der Waals surface area contributed by atoms with Gasteiger partial charge in [0.2, 0.25) is 0 Å². The molecule has 1 aliphatic rings. The number of nitrogens with zero attached hydrogens (tertiary/aromatic N) is 2. The molecule has 2 heterocycles. The minimum Gasteiger partial charge on any atom is -0.370 e. The highest BCUT2D eigenvalue weighted by Crippen LogP contribution is 2.28. The number of pyridine rings is 1. The van der Waals surface area contributed by atoms with Crippen LogP contribution >= 0.6 is 11.8 Å². The Kier molecular flexibility index (Phi) is 5.75. The number of nitrogens with one attached hydrogen (secondary N) is 1. The van der Waals surface area contributed by atoms with E-state index >= 15 is 0 Å². The van der Waals surface area contributed by atoms with Crippen molar-refractivity contribution in [3.05, 3.63) is 48.2 Å². The molecule has 0 saturated carbocycles. The Morgan fingerprint density at radius 1 is 1.21 bits per heavy atom. The molecule has 1 aromatic heterocycles. The van der Waals surface area contributed by atoms with Gasteiger partial charge in [0, 0.05) is 24.8 Å². The zero-order valence-electron chi connectivity index (χ0n) is 14.0. The van der Waals surface area contributed by atoms with E-state index in [0.29, 0.717) is 5.56 Å². The average Bonchev–Trinajstić information content (AvgIpc) is 2.63. The summed E-state index contributed by atoms with van der Waals surface area (Å²) >= 11 is 1.64. The third-order valence-corrected chi connectivity index (χ3v) is 4.95. The Balaban J connectivity index is 1.78. The summed E-state index contributed by atoms with van der Waals surface area (Å²) in [5, 5.41) is 3.96. The fourth-order valence-electron chi connectivity index (χ4n) is 2.96. The predicted molar refractivity (Wildman–Crippen MR) is 101 cm³/mol. The van der Waals surface area contributed by atoms with Crippen molar-refractivity contribution < 1.29 is 4.79 Å². The summed E-state index contributed by atoms with van der Waals surface area (Å²) < 4.78 is 0. The van der Waals surface area contributed by atoms with E-state index < -0.39 is 0 Å². The van der Waals surface area contributed by atoms with Crippen LogP contribution in [0.5, 0.6) is 0 Å². The minimum atomic E-state index is -0.0835. The third kappa shape index (κ3) is 4.09. The number of amides is 1. The highest BCUT2D eigenvalue weighted by molar-refractivity contribution is 7.99. The van der Waals surface area contributed by atoms with Crippen LogP contribution in [0.1, 0.15) is 36.5 Å². The summed E-state index contributed by atoms with van der Waals surface area (Å²) in [6, 6.07) is 11.7. The maximum atomic E-state index is 12.6. The molecule has 0 atom stereocenters. The van der Waals surface area contributed by atoms with Gasteiger partial charge in [0.05, 0.1) is 16.4 Å². The van der Waals surface area contributed by atoms with Crippen LogP contribution in [0.25, 0.3) is 0 Å². The molecule has 126 valence electrons. The normalized spacial score (nSPS) is 14.5. The average molecular weight is 341 g/mol. The first-order valence-corrected chi connectivity index (χ1v) is 9.50. The van der Waals surface area contributed by atoms with Crippen molar-refractivity contribution in [1.29, 1.82) is 0 Å². The molecule has 5 heteroatoms. The number of hydrogen-bond donors (Lipinski definition) is 1. The number of carbonyl (C=O) groups is 1. The molecule has 4 nitrogen and oxygen atoms in total. The van der Waals surface area contributed by atoms with Crippen LogP contribution in [0.15, 0.2) is 47.6 Å². The molecule has 0 spiro atoms. The Bertz CT molecular complexity index is 699. The monoisotopic (exact) mass is 341 g/mol. The first-order valence-electron chi connectivity index (χ1n) is 8.52. The predicted octanol–water partition coefficient (Wildman–Crippen LogP) is 4.44. The van der Waals surface area contributed by atoms with Gasteiger partial charge < -0.3 is 10.2 Å². The second kappa shape index (κ2) is 8.20. The molecule has 0 aliphatic carbocycles. The number of piperidine rings is 1. The maximum absolute atomic E-state index is 12.6. The van der Waals surface area contributed by atoms with E-state index in [-0.39, 0.29) is 5.91 Å². The van der Waals surface area contributed by atoms with E-state index in [9.17, 15) is 4.79 Å². The molecule has 0 unspecified atom stereocenters. The van der Waals surface area contributed by atoms with E-state index in [1.807, 2.05) is 24.3 Å². The number of aromatic nitrogens is 1. The topological polar surface area (TPSA) is 45.2 Å². The molecule has 1 N–H and O–H groups in total. The molecular formula is C19H23N3OS. The number of benzene rings is 1. The minimum absolute atomic E-state index is 0.0835. The molecular weight excluding hydrogens is 318 g/mol. The Morgan fingerprint density at radius 3 is 2.79 bits per heavy atom. The van der Waals surface area contributed by atoms with Gasteiger partial charge in [0.15, 0.2) is 0 Å². The van der Waals surface area contributed by atoms with Crippen molar-refractivity contribution in [3.63, 3.8) is 0 Å². The first kappa shape index (κ1) is 16.8. The molecule has 0 radical (unpaired) electrons. The summed E-state index contributed by atoms with van der Waals surface area (Å²) in [6.45, 7) is 4.19. The molecule has 1 aliphatic heterocycles. The molecule has 1 aromatic carbocycles. The van der Waals surface area contributed by atoms with Gasteiger partial charge in [-0.3, -0.25) is 4.79 Å². The van der Waals surface area contributed by atoms with Crippen LogP contribution in [0.3, 0.4) is 0 Å². The smallest absolute Gasteiger partial charge is 0.255 e. The van der Waals surface area contributed by atoms with E-state index in [2.05, 4.69) is 28.2 Å². The van der Waals surface area contributed by atoms with E-state index in [0.717, 1.165) is 35.2 Å². The maximum Gasteiger partial charge on any atom is 0.255 e. The lowest BCUT2D eigenvalue weighted by atomic mass is 10.1. The van der Waals surface area contributed by atoms with Crippen molar-refractivity contribution in [2.24, 2.45) is 0 Å². The first-order chi connectivity index (χ1) is 11.8. The third-order valence-electron chi connectivity index (χ3n) is 4.14. The summed E-state index contributed by atoms with van der Waals surface area (Å²) in [4.78, 5) is 19.3. The number of thioether (sulfide) groups is 1. The lowest BCUT2D eigenvalue weighted by Crippen LogP contribution is -2.30. The summed E-state index contributed by atoms with van der Waals surface area (Å²) in [5.41, 5.74) is 2.64. The Labute approximate surface area is 147 Å². The Morgan fingerprint density at radius 2 is 2.00 bits per heavy atom. The molecule has 1 fully saturated rings. The van der Waals surface area contributed by atoms with Crippen molar-refractivity contribution >= 4 is 29.0 Å². The number of carbonyl (C=O) groups excluding carboxylic acids is 1. The van der Waals surface area contributed by atoms with Crippen LogP contribution in [0.4, 0.5) is 11.4 Å². The van der Waals surface area contributed by atoms with E-state index in [1.54, 1.807) is 24.0 Å². The fraction of sp³-hybridized carbons (Fsp3) is 0.368. The number of hydrogen-bond acceptors (Lipinski definition) is 4. The zero-order chi connectivity index (χ0) is 16.8. The van der Waals surface area contributed by atoms with Crippen LogP contribution in [-0.2, 0) is 0 Å². The van der Waals surface area contributed by atoms with Gasteiger partial charge >= 0.3 is 0 Å². The van der Waals surface area contributed by atoms with Crippen molar-refractivity contribution in [1.82, 2.24) is 4.98 Å². The van der Waals surface area contributed by atoms with Crippen molar-refractivity contribution in [2.45, 2.75) is 31.2 Å². The lowest BCUT2D eigenvalue weighted by molar-refractivity contribution is 0.102.